The van der Waals surface area contributed by atoms with Crippen molar-refractivity contribution in [2.24, 2.45) is 5.73 Å². The summed E-state index contributed by atoms with van der Waals surface area (Å²) in [5, 5.41) is 9.04. The molecule has 0 saturated carbocycles. The van der Waals surface area contributed by atoms with Crippen LogP contribution in [0.5, 0.6) is 11.5 Å². The predicted octanol–water partition coefficient (Wildman–Crippen LogP) is 3.05. The molecule has 2 atom stereocenters. The zero-order valence-electron chi connectivity index (χ0n) is 12.6. The quantitative estimate of drug-likeness (QED) is 0.792. The smallest absolute Gasteiger partial charge is 0.184 e. The molecule has 20 heavy (non-hydrogen) atoms. The van der Waals surface area contributed by atoms with Crippen LogP contribution in [0.25, 0.3) is 0 Å². The van der Waals surface area contributed by atoms with Crippen molar-refractivity contribution in [3.05, 3.63) is 23.8 Å². The van der Waals surface area contributed by atoms with Gasteiger partial charge in [0.05, 0.1) is 6.61 Å². The predicted molar refractivity (Wildman–Crippen MR) is 79.9 cm³/mol. The minimum absolute atomic E-state index is 0.0434. The number of rotatable bonds is 8. The Hall–Kier alpha value is -1.73. The van der Waals surface area contributed by atoms with Gasteiger partial charge in [-0.1, -0.05) is 19.9 Å². The minimum atomic E-state index is -0.441. The molecular weight excluding hydrogens is 252 g/mol. The highest BCUT2D eigenvalue weighted by atomic mass is 16.5. The van der Waals surface area contributed by atoms with Crippen molar-refractivity contribution in [3.63, 3.8) is 0 Å². The van der Waals surface area contributed by atoms with E-state index in [1.165, 1.54) is 0 Å². The summed E-state index contributed by atoms with van der Waals surface area (Å²) in [5.41, 5.74) is 6.87. The van der Waals surface area contributed by atoms with Gasteiger partial charge in [-0.05, 0) is 37.8 Å². The van der Waals surface area contributed by atoms with E-state index in [2.05, 4.69) is 13.0 Å². The van der Waals surface area contributed by atoms with Gasteiger partial charge in [0.2, 0.25) is 0 Å². The Bertz CT molecular complexity index is 452. The van der Waals surface area contributed by atoms with E-state index >= 15 is 0 Å². The SMILES string of the molecule is CCCOc1ccc(CC(C)N)c(OC(C#N)CC)c1. The molecule has 110 valence electrons. The van der Waals surface area contributed by atoms with Gasteiger partial charge in [-0.25, -0.2) is 0 Å². The Balaban J connectivity index is 2.96. The molecule has 2 unspecified atom stereocenters. The van der Waals surface area contributed by atoms with E-state index in [-0.39, 0.29) is 6.04 Å². The number of nitrogens with zero attached hydrogens (tertiary/aromatic N) is 1. The number of ether oxygens (including phenoxy) is 2. The molecule has 4 heteroatoms. The summed E-state index contributed by atoms with van der Waals surface area (Å²) in [7, 11) is 0. The van der Waals surface area contributed by atoms with Gasteiger partial charge in [-0.2, -0.15) is 5.26 Å². The molecule has 2 N–H and O–H groups in total. The first-order chi connectivity index (χ1) is 9.60. The molecule has 0 amide bonds. The Morgan fingerprint density at radius 2 is 2.10 bits per heavy atom. The molecule has 0 bridgehead atoms. The van der Waals surface area contributed by atoms with Crippen LogP contribution in [-0.4, -0.2) is 18.8 Å². The van der Waals surface area contributed by atoms with Crippen molar-refractivity contribution in [1.82, 2.24) is 0 Å². The van der Waals surface area contributed by atoms with Crippen molar-refractivity contribution in [3.8, 4) is 17.6 Å². The van der Waals surface area contributed by atoms with Crippen LogP contribution in [0, 0.1) is 11.3 Å². The van der Waals surface area contributed by atoms with Crippen molar-refractivity contribution in [1.29, 1.82) is 5.26 Å². The first-order valence-electron chi connectivity index (χ1n) is 7.18. The fourth-order valence-corrected chi connectivity index (χ4v) is 1.82. The van der Waals surface area contributed by atoms with Gasteiger partial charge in [-0.3, -0.25) is 0 Å². The van der Waals surface area contributed by atoms with E-state index in [4.69, 9.17) is 20.5 Å². The number of nitriles is 1. The van der Waals surface area contributed by atoms with Crippen molar-refractivity contribution in [2.75, 3.05) is 6.61 Å². The van der Waals surface area contributed by atoms with Crippen LogP contribution in [0.1, 0.15) is 39.2 Å². The Kier molecular flexibility index (Phi) is 6.89. The average molecular weight is 276 g/mol. The Morgan fingerprint density at radius 3 is 2.65 bits per heavy atom. The summed E-state index contributed by atoms with van der Waals surface area (Å²) in [6.07, 6.45) is 1.87. The second-order valence-electron chi connectivity index (χ2n) is 4.94. The van der Waals surface area contributed by atoms with Crippen LogP contribution in [-0.2, 0) is 6.42 Å². The third-order valence-corrected chi connectivity index (χ3v) is 2.84. The maximum absolute atomic E-state index is 9.04. The fraction of sp³-hybridized carbons (Fsp3) is 0.562. The fourth-order valence-electron chi connectivity index (χ4n) is 1.82. The molecule has 0 aliphatic rings. The molecule has 0 saturated heterocycles. The highest BCUT2D eigenvalue weighted by Gasteiger charge is 2.13. The summed E-state index contributed by atoms with van der Waals surface area (Å²) in [5.74, 6) is 1.47. The lowest BCUT2D eigenvalue weighted by atomic mass is 10.1. The normalized spacial score (nSPS) is 13.3. The van der Waals surface area contributed by atoms with E-state index in [1.54, 1.807) is 0 Å². The third-order valence-electron chi connectivity index (χ3n) is 2.84. The summed E-state index contributed by atoms with van der Waals surface area (Å²) < 4.78 is 11.4. The second kappa shape index (κ2) is 8.44. The molecular formula is C16H24N2O2. The maximum atomic E-state index is 9.04. The number of benzene rings is 1. The number of nitrogens with two attached hydrogens (primary N) is 1. The monoisotopic (exact) mass is 276 g/mol. The molecule has 0 aliphatic heterocycles. The minimum Gasteiger partial charge on any atom is -0.493 e. The van der Waals surface area contributed by atoms with Gasteiger partial charge < -0.3 is 15.2 Å². The first kappa shape index (κ1) is 16.3. The lowest BCUT2D eigenvalue weighted by Gasteiger charge is -2.17. The molecule has 1 rings (SSSR count). The summed E-state index contributed by atoms with van der Waals surface area (Å²) in [6.45, 7) is 6.61. The van der Waals surface area contributed by atoms with E-state index in [0.717, 1.165) is 17.7 Å². The van der Waals surface area contributed by atoms with Gasteiger partial charge in [0, 0.05) is 12.1 Å². The van der Waals surface area contributed by atoms with Crippen molar-refractivity contribution < 1.29 is 9.47 Å². The third kappa shape index (κ3) is 5.10. The molecule has 1 aromatic carbocycles. The molecule has 0 fully saturated rings. The molecule has 0 heterocycles. The van der Waals surface area contributed by atoms with Crippen LogP contribution in [0.2, 0.25) is 0 Å². The highest BCUT2D eigenvalue weighted by molar-refractivity contribution is 5.41. The van der Waals surface area contributed by atoms with Gasteiger partial charge >= 0.3 is 0 Å². The van der Waals surface area contributed by atoms with Crippen molar-refractivity contribution >= 4 is 0 Å². The first-order valence-corrected chi connectivity index (χ1v) is 7.18. The van der Waals surface area contributed by atoms with E-state index in [9.17, 15) is 0 Å². The number of hydrogen-bond donors (Lipinski definition) is 1. The van der Waals surface area contributed by atoms with Crippen LogP contribution in [0.15, 0.2) is 18.2 Å². The maximum Gasteiger partial charge on any atom is 0.184 e. The van der Waals surface area contributed by atoms with Crippen LogP contribution in [0.3, 0.4) is 0 Å². The standard InChI is InChI=1S/C16H24N2O2/c1-4-8-19-15-7-6-13(9-12(3)18)16(10-15)20-14(5-2)11-17/h6-7,10,12,14H,4-5,8-9,18H2,1-3H3. The van der Waals surface area contributed by atoms with Crippen LogP contribution < -0.4 is 15.2 Å². The average Bonchev–Trinajstić information content (AvgIpc) is 2.44. The van der Waals surface area contributed by atoms with Gasteiger partial charge in [0.1, 0.15) is 17.6 Å². The van der Waals surface area contributed by atoms with Gasteiger partial charge in [0.15, 0.2) is 6.10 Å². The highest BCUT2D eigenvalue weighted by Crippen LogP contribution is 2.27. The molecule has 1 aromatic rings. The zero-order valence-corrected chi connectivity index (χ0v) is 12.6. The topological polar surface area (TPSA) is 68.3 Å². The Morgan fingerprint density at radius 1 is 1.35 bits per heavy atom. The van der Waals surface area contributed by atoms with E-state index in [0.29, 0.717) is 25.2 Å². The molecule has 0 radical (unpaired) electrons. The molecule has 0 aromatic heterocycles. The summed E-state index contributed by atoms with van der Waals surface area (Å²) in [4.78, 5) is 0. The van der Waals surface area contributed by atoms with Crippen LogP contribution in [0.4, 0.5) is 0 Å². The second-order valence-corrected chi connectivity index (χ2v) is 4.94. The Labute approximate surface area is 121 Å². The summed E-state index contributed by atoms with van der Waals surface area (Å²) in [6, 6.07) is 7.94. The molecule has 0 aliphatic carbocycles. The molecule has 0 spiro atoms. The summed E-state index contributed by atoms with van der Waals surface area (Å²) >= 11 is 0. The van der Waals surface area contributed by atoms with Gasteiger partial charge in [0.25, 0.3) is 0 Å². The lowest BCUT2D eigenvalue weighted by Crippen LogP contribution is -2.20. The van der Waals surface area contributed by atoms with Gasteiger partial charge in [-0.15, -0.1) is 0 Å². The van der Waals surface area contributed by atoms with Crippen molar-refractivity contribution in [2.45, 2.75) is 52.2 Å². The van der Waals surface area contributed by atoms with Crippen LogP contribution >= 0.6 is 0 Å². The molecule has 4 nitrogen and oxygen atoms in total. The van der Waals surface area contributed by atoms with E-state index in [1.807, 2.05) is 32.0 Å². The number of hydrogen-bond acceptors (Lipinski definition) is 4. The largest absolute Gasteiger partial charge is 0.493 e. The lowest BCUT2D eigenvalue weighted by molar-refractivity contribution is 0.246. The zero-order chi connectivity index (χ0) is 15.0. The van der Waals surface area contributed by atoms with E-state index < -0.39 is 6.10 Å².